The van der Waals surface area contributed by atoms with E-state index in [1.54, 1.807) is 6.20 Å². The second-order valence-electron chi connectivity index (χ2n) is 8.61. The van der Waals surface area contributed by atoms with E-state index in [0.29, 0.717) is 29.2 Å². The number of hydrogen-bond acceptors (Lipinski definition) is 6. The number of unbranched alkanes of at least 4 members (excludes halogenated alkanes) is 1. The van der Waals surface area contributed by atoms with Crippen molar-refractivity contribution in [2.24, 2.45) is 17.8 Å². The zero-order valence-corrected chi connectivity index (χ0v) is 18.0. The van der Waals surface area contributed by atoms with Crippen LogP contribution in [0.25, 0.3) is 0 Å². The monoisotopic (exact) mass is 409 g/mol. The average Bonchev–Trinajstić information content (AvgIpc) is 3.40. The van der Waals surface area contributed by atoms with Gasteiger partial charge in [-0.3, -0.25) is 4.79 Å². The van der Waals surface area contributed by atoms with Crippen LogP contribution in [0.1, 0.15) is 68.5 Å². The topological polar surface area (TPSA) is 83.5 Å². The van der Waals surface area contributed by atoms with Crippen molar-refractivity contribution in [2.45, 2.75) is 70.9 Å². The Balaban J connectivity index is 1.28. The summed E-state index contributed by atoms with van der Waals surface area (Å²) in [5, 5.41) is 16.4. The molecule has 0 saturated heterocycles. The quantitative estimate of drug-likeness (QED) is 0.462. The molecule has 2 saturated carbocycles. The van der Waals surface area contributed by atoms with E-state index < -0.39 is 6.10 Å². The Labute approximate surface area is 172 Å². The maximum Gasteiger partial charge on any atom is 0.273 e. The lowest BCUT2D eigenvalue weighted by Gasteiger charge is -2.14. The van der Waals surface area contributed by atoms with Crippen LogP contribution in [-0.2, 0) is 0 Å². The molecule has 1 aromatic heterocycles. The average molecular weight is 410 g/mol. The van der Waals surface area contributed by atoms with Crippen molar-refractivity contribution in [3.8, 4) is 5.19 Å². The second-order valence-corrected chi connectivity index (χ2v) is 9.60. The number of aliphatic hydroxyl groups excluding tert-OH is 1. The molecule has 2 bridgehead atoms. The number of rotatable bonds is 12. The number of fused-ring (bicyclic) bond motifs is 2. The largest absolute Gasteiger partial charge is 0.467 e. The van der Waals surface area contributed by atoms with E-state index in [4.69, 9.17) is 4.74 Å². The molecule has 1 aromatic rings. The number of hydrogen-bond donors (Lipinski definition) is 3. The van der Waals surface area contributed by atoms with E-state index in [2.05, 4.69) is 15.6 Å². The molecule has 3 N–H and O–H groups in total. The summed E-state index contributed by atoms with van der Waals surface area (Å²) < 4.78 is 5.49. The standard InChI is InChI=1S/C21H35N3O3S/c1-14(2)23-11-17(25)13-27-21-24-12-19(28-21)20(26)22-10-4-3-5-18-15-6-7-16(18)9-8-15/h12,14-18,23,25H,3-11,13H2,1-2H3,(H,22,26). The first-order valence-electron chi connectivity index (χ1n) is 10.8. The first-order chi connectivity index (χ1) is 13.5. The Bertz CT molecular complexity index is 602. The fourth-order valence-corrected chi connectivity index (χ4v) is 5.37. The maximum atomic E-state index is 12.3. The molecule has 6 nitrogen and oxygen atoms in total. The van der Waals surface area contributed by atoms with E-state index in [1.165, 1.54) is 49.9 Å². The lowest BCUT2D eigenvalue weighted by Crippen LogP contribution is -2.35. The summed E-state index contributed by atoms with van der Waals surface area (Å²) in [6.07, 6.45) is 10.3. The molecule has 2 aliphatic carbocycles. The predicted molar refractivity (Wildman–Crippen MR) is 112 cm³/mol. The number of carbonyl (C=O) groups excluding carboxylic acids is 1. The number of nitrogens with one attached hydrogen (secondary N) is 2. The van der Waals surface area contributed by atoms with Crippen LogP contribution in [-0.4, -0.2) is 47.8 Å². The summed E-state index contributed by atoms with van der Waals surface area (Å²) in [6.45, 7) is 5.40. The highest BCUT2D eigenvalue weighted by atomic mass is 32.1. The van der Waals surface area contributed by atoms with Gasteiger partial charge in [-0.05, 0) is 56.3 Å². The van der Waals surface area contributed by atoms with Crippen molar-refractivity contribution in [1.82, 2.24) is 15.6 Å². The van der Waals surface area contributed by atoms with Crippen molar-refractivity contribution in [1.29, 1.82) is 0 Å². The van der Waals surface area contributed by atoms with E-state index in [9.17, 15) is 9.90 Å². The normalized spacial score (nSPS) is 24.6. The summed E-state index contributed by atoms with van der Waals surface area (Å²) in [7, 11) is 0. The van der Waals surface area contributed by atoms with Gasteiger partial charge in [-0.1, -0.05) is 31.6 Å². The molecule has 7 heteroatoms. The zero-order valence-electron chi connectivity index (χ0n) is 17.2. The van der Waals surface area contributed by atoms with Gasteiger partial charge in [-0.15, -0.1) is 0 Å². The van der Waals surface area contributed by atoms with Crippen molar-refractivity contribution in [3.63, 3.8) is 0 Å². The molecule has 0 aliphatic heterocycles. The Hall–Kier alpha value is -1.18. The highest BCUT2D eigenvalue weighted by Gasteiger charge is 2.40. The molecule has 2 fully saturated rings. The molecule has 1 atom stereocenters. The Morgan fingerprint density at radius 1 is 1.29 bits per heavy atom. The maximum absolute atomic E-state index is 12.3. The summed E-state index contributed by atoms with van der Waals surface area (Å²) in [5.74, 6) is 2.86. The van der Waals surface area contributed by atoms with Crippen molar-refractivity contribution < 1.29 is 14.6 Å². The van der Waals surface area contributed by atoms with Gasteiger partial charge in [-0.25, -0.2) is 4.98 Å². The van der Waals surface area contributed by atoms with E-state index >= 15 is 0 Å². The Kier molecular flexibility index (Phi) is 8.11. The van der Waals surface area contributed by atoms with Crippen LogP contribution in [0.5, 0.6) is 5.19 Å². The molecule has 158 valence electrons. The molecule has 28 heavy (non-hydrogen) atoms. The lowest BCUT2D eigenvalue weighted by molar-refractivity contribution is 0.0956. The van der Waals surface area contributed by atoms with Crippen molar-refractivity contribution in [3.05, 3.63) is 11.1 Å². The molecule has 0 spiro atoms. The van der Waals surface area contributed by atoms with Crippen LogP contribution >= 0.6 is 11.3 Å². The van der Waals surface area contributed by atoms with Gasteiger partial charge in [0.05, 0.1) is 6.20 Å². The molecule has 0 aromatic carbocycles. The minimum Gasteiger partial charge on any atom is -0.467 e. The van der Waals surface area contributed by atoms with Crippen LogP contribution < -0.4 is 15.4 Å². The van der Waals surface area contributed by atoms with Gasteiger partial charge in [0.2, 0.25) is 0 Å². The number of nitrogens with zero attached hydrogens (tertiary/aromatic N) is 1. The summed E-state index contributed by atoms with van der Waals surface area (Å²) in [6, 6.07) is 0.318. The summed E-state index contributed by atoms with van der Waals surface area (Å²) >= 11 is 1.22. The summed E-state index contributed by atoms with van der Waals surface area (Å²) in [4.78, 5) is 16.9. The van der Waals surface area contributed by atoms with Crippen LogP contribution in [0.15, 0.2) is 6.20 Å². The Morgan fingerprint density at radius 3 is 2.68 bits per heavy atom. The molecule has 0 radical (unpaired) electrons. The third-order valence-electron chi connectivity index (χ3n) is 6.15. The highest BCUT2D eigenvalue weighted by Crippen LogP contribution is 2.51. The fraction of sp³-hybridized carbons (Fsp3) is 0.810. The van der Waals surface area contributed by atoms with Gasteiger partial charge < -0.3 is 20.5 Å². The fourth-order valence-electron chi connectivity index (χ4n) is 4.68. The minimum absolute atomic E-state index is 0.0877. The number of aliphatic hydroxyl groups is 1. The predicted octanol–water partition coefficient (Wildman–Crippen LogP) is 3.22. The molecule has 1 unspecified atom stereocenters. The third kappa shape index (κ3) is 6.16. The molecular formula is C21H35N3O3S. The van der Waals surface area contributed by atoms with Gasteiger partial charge in [0.15, 0.2) is 0 Å². The lowest BCUT2D eigenvalue weighted by atomic mass is 9.92. The number of amides is 1. The van der Waals surface area contributed by atoms with Gasteiger partial charge in [0.25, 0.3) is 11.1 Å². The number of ether oxygens (including phenoxy) is 1. The van der Waals surface area contributed by atoms with Gasteiger partial charge in [0, 0.05) is 19.1 Å². The smallest absolute Gasteiger partial charge is 0.273 e. The first kappa shape index (κ1) is 21.5. The van der Waals surface area contributed by atoms with Gasteiger partial charge in [-0.2, -0.15) is 0 Å². The Morgan fingerprint density at radius 2 is 2.00 bits per heavy atom. The van der Waals surface area contributed by atoms with Gasteiger partial charge in [0.1, 0.15) is 17.6 Å². The van der Waals surface area contributed by atoms with Gasteiger partial charge >= 0.3 is 0 Å². The molecule has 1 amide bonds. The number of carbonyl (C=O) groups is 1. The third-order valence-corrected chi connectivity index (χ3v) is 7.06. The van der Waals surface area contributed by atoms with Crippen molar-refractivity contribution in [2.75, 3.05) is 19.7 Å². The van der Waals surface area contributed by atoms with E-state index in [1.807, 2.05) is 13.8 Å². The SMILES string of the molecule is CC(C)NCC(O)COc1ncc(C(=O)NCCCCC2C3CCC2CC3)s1. The number of aromatic nitrogens is 1. The second kappa shape index (κ2) is 10.6. The molecule has 3 rings (SSSR count). The first-order valence-corrected chi connectivity index (χ1v) is 11.6. The van der Waals surface area contributed by atoms with E-state index in [-0.39, 0.29) is 12.5 Å². The van der Waals surface area contributed by atoms with E-state index in [0.717, 1.165) is 24.2 Å². The van der Waals surface area contributed by atoms with Crippen molar-refractivity contribution >= 4 is 17.2 Å². The highest BCUT2D eigenvalue weighted by molar-refractivity contribution is 7.15. The van der Waals surface area contributed by atoms with Crippen LogP contribution in [0, 0.1) is 17.8 Å². The summed E-state index contributed by atoms with van der Waals surface area (Å²) in [5.41, 5.74) is 0. The number of thiazole rings is 1. The van der Waals surface area contributed by atoms with Crippen LogP contribution in [0.4, 0.5) is 0 Å². The van der Waals surface area contributed by atoms with Crippen LogP contribution in [0.2, 0.25) is 0 Å². The zero-order chi connectivity index (χ0) is 19.9. The minimum atomic E-state index is -0.598. The molecule has 1 heterocycles. The molecule has 2 aliphatic rings. The molecular weight excluding hydrogens is 374 g/mol. The van der Waals surface area contributed by atoms with Crippen LogP contribution in [0.3, 0.4) is 0 Å².